The van der Waals surface area contributed by atoms with Gasteiger partial charge in [0.25, 0.3) is 5.91 Å². The van der Waals surface area contributed by atoms with Crippen molar-refractivity contribution in [3.63, 3.8) is 0 Å². The number of amides is 1. The lowest BCUT2D eigenvalue weighted by Gasteiger charge is -2.21. The van der Waals surface area contributed by atoms with Gasteiger partial charge in [0.15, 0.2) is 5.82 Å². The minimum Gasteiger partial charge on any atom is -0.399 e. The Labute approximate surface area is 173 Å². The number of aromatic nitrogens is 2. The molecule has 0 bridgehead atoms. The first-order valence-corrected chi connectivity index (χ1v) is 9.53. The number of oxime groups is 1. The zero-order chi connectivity index (χ0) is 21.3. The lowest BCUT2D eigenvalue weighted by atomic mass is 9.99. The van der Waals surface area contributed by atoms with Crippen molar-refractivity contribution in [3.05, 3.63) is 71.1 Å². The van der Waals surface area contributed by atoms with Crippen molar-refractivity contribution in [1.29, 1.82) is 0 Å². The SMILES string of the molecule is CON=C1C[C@@H](c2nc(C)no2)N(C(=O)c2ccc(-c3ccc(F)cc3C)cc2)C1. The first-order valence-electron chi connectivity index (χ1n) is 9.53. The van der Waals surface area contributed by atoms with Crippen molar-refractivity contribution in [1.82, 2.24) is 15.0 Å². The molecule has 2 heterocycles. The summed E-state index contributed by atoms with van der Waals surface area (Å²) in [6.07, 6.45) is 0.466. The summed E-state index contributed by atoms with van der Waals surface area (Å²) in [6.45, 7) is 3.90. The van der Waals surface area contributed by atoms with Crippen LogP contribution in [0.3, 0.4) is 0 Å². The quantitative estimate of drug-likeness (QED) is 0.608. The van der Waals surface area contributed by atoms with E-state index in [-0.39, 0.29) is 11.7 Å². The summed E-state index contributed by atoms with van der Waals surface area (Å²) in [7, 11) is 1.47. The van der Waals surface area contributed by atoms with Gasteiger partial charge in [-0.1, -0.05) is 28.5 Å². The van der Waals surface area contributed by atoms with Gasteiger partial charge in [0.05, 0.1) is 12.3 Å². The Morgan fingerprint density at radius 3 is 2.63 bits per heavy atom. The average Bonchev–Trinajstić information content (AvgIpc) is 3.34. The first-order chi connectivity index (χ1) is 14.5. The third-order valence-corrected chi connectivity index (χ3v) is 5.10. The molecule has 1 aliphatic rings. The number of benzene rings is 2. The van der Waals surface area contributed by atoms with E-state index < -0.39 is 6.04 Å². The molecule has 1 fully saturated rings. The van der Waals surface area contributed by atoms with E-state index in [2.05, 4.69) is 15.3 Å². The van der Waals surface area contributed by atoms with Crippen LogP contribution in [0.4, 0.5) is 4.39 Å². The lowest BCUT2D eigenvalue weighted by Crippen LogP contribution is -2.31. The number of carbonyl (C=O) groups is 1. The van der Waals surface area contributed by atoms with E-state index >= 15 is 0 Å². The molecule has 30 heavy (non-hydrogen) atoms. The van der Waals surface area contributed by atoms with Gasteiger partial charge in [0, 0.05) is 12.0 Å². The molecule has 8 heteroatoms. The van der Waals surface area contributed by atoms with Crippen LogP contribution in [0.15, 0.2) is 52.1 Å². The molecule has 0 aliphatic carbocycles. The van der Waals surface area contributed by atoms with Crippen LogP contribution in [0.1, 0.15) is 40.1 Å². The molecule has 1 amide bonds. The van der Waals surface area contributed by atoms with E-state index in [4.69, 9.17) is 9.36 Å². The van der Waals surface area contributed by atoms with Crippen molar-refractivity contribution in [2.24, 2.45) is 5.16 Å². The number of carbonyl (C=O) groups excluding carboxylic acids is 1. The number of rotatable bonds is 4. The Balaban J connectivity index is 1.61. The maximum Gasteiger partial charge on any atom is 0.254 e. The Bertz CT molecular complexity index is 1110. The zero-order valence-electron chi connectivity index (χ0n) is 16.9. The van der Waals surface area contributed by atoms with Crippen LogP contribution in [-0.4, -0.2) is 40.3 Å². The van der Waals surface area contributed by atoms with E-state index in [0.29, 0.717) is 30.2 Å². The van der Waals surface area contributed by atoms with Gasteiger partial charge < -0.3 is 14.3 Å². The van der Waals surface area contributed by atoms with E-state index in [0.717, 1.165) is 22.4 Å². The zero-order valence-corrected chi connectivity index (χ0v) is 16.9. The average molecular weight is 408 g/mol. The molecule has 0 unspecified atom stereocenters. The Morgan fingerprint density at radius 1 is 1.23 bits per heavy atom. The van der Waals surface area contributed by atoms with E-state index in [1.54, 1.807) is 30.0 Å². The van der Waals surface area contributed by atoms with Crippen LogP contribution in [0.25, 0.3) is 11.1 Å². The monoisotopic (exact) mass is 408 g/mol. The Kier molecular flexibility index (Phi) is 5.31. The van der Waals surface area contributed by atoms with Gasteiger partial charge in [-0.15, -0.1) is 0 Å². The molecule has 7 nitrogen and oxygen atoms in total. The molecule has 0 N–H and O–H groups in total. The molecule has 1 atom stereocenters. The fourth-order valence-electron chi connectivity index (χ4n) is 3.69. The summed E-state index contributed by atoms with van der Waals surface area (Å²) < 4.78 is 18.7. The number of hydrogen-bond acceptors (Lipinski definition) is 6. The van der Waals surface area contributed by atoms with Crippen LogP contribution in [0, 0.1) is 19.7 Å². The van der Waals surface area contributed by atoms with Crippen molar-refractivity contribution in [2.45, 2.75) is 26.3 Å². The number of likely N-dealkylation sites (tertiary alicyclic amines) is 1. The molecule has 1 aliphatic heterocycles. The highest BCUT2D eigenvalue weighted by molar-refractivity contribution is 6.00. The Hall–Kier alpha value is -3.55. The molecule has 1 aromatic heterocycles. The first kappa shape index (κ1) is 19.8. The number of halogens is 1. The van der Waals surface area contributed by atoms with Crippen molar-refractivity contribution in [2.75, 3.05) is 13.7 Å². The Morgan fingerprint density at radius 2 is 2.00 bits per heavy atom. The van der Waals surface area contributed by atoms with Crippen LogP contribution in [0.2, 0.25) is 0 Å². The fourth-order valence-corrected chi connectivity index (χ4v) is 3.69. The van der Waals surface area contributed by atoms with E-state index in [1.807, 2.05) is 19.1 Å². The second-order valence-corrected chi connectivity index (χ2v) is 7.21. The summed E-state index contributed by atoms with van der Waals surface area (Å²) in [6, 6.07) is 11.5. The largest absolute Gasteiger partial charge is 0.399 e. The molecule has 0 saturated carbocycles. The minimum absolute atomic E-state index is 0.167. The second kappa shape index (κ2) is 8.06. The van der Waals surface area contributed by atoms with Crippen molar-refractivity contribution < 1.29 is 18.5 Å². The summed E-state index contributed by atoms with van der Waals surface area (Å²) in [4.78, 5) is 24.1. The van der Waals surface area contributed by atoms with Crippen molar-refractivity contribution in [3.8, 4) is 11.1 Å². The molecular weight excluding hydrogens is 387 g/mol. The molecule has 154 valence electrons. The molecule has 4 rings (SSSR count). The van der Waals surface area contributed by atoms with Gasteiger partial charge in [-0.3, -0.25) is 4.79 Å². The lowest BCUT2D eigenvalue weighted by molar-refractivity contribution is 0.0713. The summed E-state index contributed by atoms with van der Waals surface area (Å²) in [5.41, 5.74) is 3.92. The van der Waals surface area contributed by atoms with E-state index in [1.165, 1.54) is 19.2 Å². The van der Waals surface area contributed by atoms with Crippen LogP contribution < -0.4 is 0 Å². The molecule has 0 spiro atoms. The fraction of sp³-hybridized carbons (Fsp3) is 0.273. The predicted molar refractivity (Wildman–Crippen MR) is 108 cm³/mol. The van der Waals surface area contributed by atoms with Crippen molar-refractivity contribution >= 4 is 11.6 Å². The molecule has 3 aromatic rings. The maximum absolute atomic E-state index is 13.4. The van der Waals surface area contributed by atoms with E-state index in [9.17, 15) is 9.18 Å². The summed E-state index contributed by atoms with van der Waals surface area (Å²) in [5, 5.41) is 7.84. The highest BCUT2D eigenvalue weighted by atomic mass is 19.1. The van der Waals surface area contributed by atoms with Crippen LogP contribution >= 0.6 is 0 Å². The van der Waals surface area contributed by atoms with Gasteiger partial charge in [0.1, 0.15) is 19.0 Å². The van der Waals surface area contributed by atoms with Gasteiger partial charge in [-0.2, -0.15) is 4.98 Å². The highest BCUT2D eigenvalue weighted by Crippen LogP contribution is 2.32. The topological polar surface area (TPSA) is 80.8 Å². The predicted octanol–water partition coefficient (Wildman–Crippen LogP) is 4.08. The number of hydrogen-bond donors (Lipinski definition) is 0. The normalized spacial score (nSPS) is 17.5. The summed E-state index contributed by atoms with van der Waals surface area (Å²) in [5.74, 6) is 0.446. The highest BCUT2D eigenvalue weighted by Gasteiger charge is 2.38. The summed E-state index contributed by atoms with van der Waals surface area (Å²) >= 11 is 0. The minimum atomic E-state index is -0.397. The van der Waals surface area contributed by atoms with Gasteiger partial charge in [0.2, 0.25) is 5.89 Å². The third kappa shape index (κ3) is 3.80. The van der Waals surface area contributed by atoms with Gasteiger partial charge >= 0.3 is 0 Å². The second-order valence-electron chi connectivity index (χ2n) is 7.21. The smallest absolute Gasteiger partial charge is 0.254 e. The van der Waals surface area contributed by atoms with Gasteiger partial charge in [-0.25, -0.2) is 4.39 Å². The number of nitrogens with zero attached hydrogens (tertiary/aromatic N) is 4. The number of aryl methyl sites for hydroxylation is 2. The van der Waals surface area contributed by atoms with Crippen LogP contribution in [0.5, 0.6) is 0 Å². The maximum atomic E-state index is 13.4. The molecule has 2 aromatic carbocycles. The standard InChI is InChI=1S/C22H21FN4O3/c1-13-10-17(23)8-9-19(13)15-4-6-16(7-5-15)22(28)27-12-18(26-29-3)11-20(27)21-24-14(2)25-30-21/h4-10,20H,11-12H2,1-3H3/t20-/m0/s1. The van der Waals surface area contributed by atoms with Crippen LogP contribution in [-0.2, 0) is 4.84 Å². The molecule has 0 radical (unpaired) electrons. The molecular formula is C22H21FN4O3. The molecule has 1 saturated heterocycles. The van der Waals surface area contributed by atoms with Gasteiger partial charge in [-0.05, 0) is 54.8 Å². The third-order valence-electron chi connectivity index (χ3n) is 5.10.